The number of hydrogen-bond donors (Lipinski definition) is 2. The fraction of sp³-hybridized carbons (Fsp3) is 0.409. The lowest BCUT2D eigenvalue weighted by Gasteiger charge is -2.16. The first kappa shape index (κ1) is 22.1. The number of guanidine groups is 1. The van der Waals surface area contributed by atoms with Gasteiger partial charge in [-0.05, 0) is 49.1 Å². The van der Waals surface area contributed by atoms with Gasteiger partial charge < -0.3 is 15.4 Å². The summed E-state index contributed by atoms with van der Waals surface area (Å²) in [6, 6.07) is 16.8. The Balaban J connectivity index is 1.40. The van der Waals surface area contributed by atoms with E-state index in [4.69, 9.17) is 4.74 Å². The molecule has 0 unspecified atom stereocenters. The molecule has 8 heteroatoms. The quantitative estimate of drug-likeness (QED) is 0.363. The largest absolute Gasteiger partial charge is 0.494 e. The molecule has 0 amide bonds. The van der Waals surface area contributed by atoms with Gasteiger partial charge in [0.25, 0.3) is 0 Å². The van der Waals surface area contributed by atoms with Crippen LogP contribution in [0.15, 0.2) is 64.5 Å². The van der Waals surface area contributed by atoms with E-state index in [9.17, 15) is 8.42 Å². The van der Waals surface area contributed by atoms with Gasteiger partial charge in [-0.2, -0.15) is 4.31 Å². The number of nitrogens with zero attached hydrogens (tertiary/aromatic N) is 2. The molecule has 0 spiro atoms. The first-order chi connectivity index (χ1) is 14.6. The van der Waals surface area contributed by atoms with Crippen LogP contribution < -0.4 is 15.4 Å². The SMILES string of the molecule is CN=C(NCCCOc1ccccc1)NCc1ccc(S(=O)(=O)N2CCCC2)cc1. The van der Waals surface area contributed by atoms with E-state index in [0.29, 0.717) is 37.1 Å². The highest BCUT2D eigenvalue weighted by molar-refractivity contribution is 7.89. The van der Waals surface area contributed by atoms with E-state index in [1.807, 2.05) is 42.5 Å². The summed E-state index contributed by atoms with van der Waals surface area (Å²) in [5, 5.41) is 6.50. The Morgan fingerprint density at radius 2 is 1.73 bits per heavy atom. The normalized spacial score (nSPS) is 15.2. The smallest absolute Gasteiger partial charge is 0.243 e. The van der Waals surface area contributed by atoms with Gasteiger partial charge in [0.2, 0.25) is 10.0 Å². The lowest BCUT2D eigenvalue weighted by Crippen LogP contribution is -2.37. The Morgan fingerprint density at radius 3 is 2.40 bits per heavy atom. The second-order valence-electron chi connectivity index (χ2n) is 7.12. The number of benzene rings is 2. The number of ether oxygens (including phenoxy) is 1. The van der Waals surface area contributed by atoms with Gasteiger partial charge >= 0.3 is 0 Å². The van der Waals surface area contributed by atoms with Crippen LogP contribution in [0.3, 0.4) is 0 Å². The van der Waals surface area contributed by atoms with Crippen molar-refractivity contribution in [2.24, 2.45) is 4.99 Å². The van der Waals surface area contributed by atoms with E-state index in [0.717, 1.165) is 37.1 Å². The van der Waals surface area contributed by atoms with Crippen LogP contribution in [0.1, 0.15) is 24.8 Å². The molecular weight excluding hydrogens is 400 g/mol. The van der Waals surface area contributed by atoms with Gasteiger partial charge in [-0.1, -0.05) is 30.3 Å². The summed E-state index contributed by atoms with van der Waals surface area (Å²) in [4.78, 5) is 4.57. The molecule has 3 rings (SSSR count). The lowest BCUT2D eigenvalue weighted by molar-refractivity contribution is 0.311. The summed E-state index contributed by atoms with van der Waals surface area (Å²) < 4.78 is 32.4. The monoisotopic (exact) mass is 430 g/mol. The third-order valence-electron chi connectivity index (χ3n) is 4.94. The van der Waals surface area contributed by atoms with Crippen LogP contribution in [-0.4, -0.2) is 52.0 Å². The molecule has 0 bridgehead atoms. The summed E-state index contributed by atoms with van der Waals surface area (Å²) in [6.07, 6.45) is 2.72. The predicted octanol–water partition coefficient (Wildman–Crippen LogP) is 2.61. The minimum atomic E-state index is -3.36. The van der Waals surface area contributed by atoms with E-state index in [1.165, 1.54) is 0 Å². The molecule has 1 fully saturated rings. The van der Waals surface area contributed by atoms with Gasteiger partial charge in [0, 0.05) is 33.2 Å². The predicted molar refractivity (Wildman–Crippen MR) is 119 cm³/mol. The highest BCUT2D eigenvalue weighted by Gasteiger charge is 2.26. The molecule has 1 aliphatic rings. The second-order valence-corrected chi connectivity index (χ2v) is 9.06. The highest BCUT2D eigenvalue weighted by Crippen LogP contribution is 2.21. The number of rotatable bonds is 9. The van der Waals surface area contributed by atoms with Crippen molar-refractivity contribution in [1.82, 2.24) is 14.9 Å². The molecule has 1 saturated heterocycles. The number of nitrogens with one attached hydrogen (secondary N) is 2. The van der Waals surface area contributed by atoms with Gasteiger partial charge in [-0.25, -0.2) is 8.42 Å². The maximum atomic E-state index is 12.6. The van der Waals surface area contributed by atoms with Crippen molar-refractivity contribution in [3.05, 3.63) is 60.2 Å². The van der Waals surface area contributed by atoms with Crippen molar-refractivity contribution in [2.45, 2.75) is 30.7 Å². The van der Waals surface area contributed by atoms with Gasteiger partial charge in [0.05, 0.1) is 11.5 Å². The third-order valence-corrected chi connectivity index (χ3v) is 6.85. The molecule has 0 radical (unpaired) electrons. The zero-order valence-electron chi connectivity index (χ0n) is 17.4. The Labute approximate surface area is 179 Å². The molecule has 0 aromatic heterocycles. The number of hydrogen-bond acceptors (Lipinski definition) is 4. The zero-order chi connectivity index (χ0) is 21.2. The molecule has 1 aliphatic heterocycles. The zero-order valence-corrected chi connectivity index (χ0v) is 18.2. The van der Waals surface area contributed by atoms with E-state index >= 15 is 0 Å². The molecule has 0 aliphatic carbocycles. The van der Waals surface area contributed by atoms with E-state index in [2.05, 4.69) is 15.6 Å². The second kappa shape index (κ2) is 11.0. The van der Waals surface area contributed by atoms with Gasteiger partial charge in [0.15, 0.2) is 5.96 Å². The van der Waals surface area contributed by atoms with E-state index < -0.39 is 10.0 Å². The summed E-state index contributed by atoms with van der Waals surface area (Å²) in [6.45, 7) is 3.15. The standard InChI is InChI=1S/C22H30N4O3S/c1-23-22(24-14-7-17-29-20-8-3-2-4-9-20)25-18-19-10-12-21(13-11-19)30(27,28)26-15-5-6-16-26/h2-4,8-13H,5-7,14-18H2,1H3,(H2,23,24,25). The van der Waals surface area contributed by atoms with Crippen LogP contribution in [0, 0.1) is 0 Å². The van der Waals surface area contributed by atoms with Crippen molar-refractivity contribution in [3.8, 4) is 5.75 Å². The topological polar surface area (TPSA) is 83.0 Å². The average molecular weight is 431 g/mol. The summed E-state index contributed by atoms with van der Waals surface area (Å²) in [5.41, 5.74) is 0.991. The maximum Gasteiger partial charge on any atom is 0.243 e. The van der Waals surface area contributed by atoms with Crippen LogP contribution >= 0.6 is 0 Å². The third kappa shape index (κ3) is 6.21. The van der Waals surface area contributed by atoms with Crippen LogP contribution in [0.25, 0.3) is 0 Å². The van der Waals surface area contributed by atoms with Crippen molar-refractivity contribution in [3.63, 3.8) is 0 Å². The van der Waals surface area contributed by atoms with Crippen LogP contribution in [0.4, 0.5) is 0 Å². The highest BCUT2D eigenvalue weighted by atomic mass is 32.2. The molecule has 1 heterocycles. The molecular formula is C22H30N4O3S. The molecule has 2 aromatic rings. The maximum absolute atomic E-state index is 12.6. The molecule has 0 saturated carbocycles. The van der Waals surface area contributed by atoms with E-state index in [-0.39, 0.29) is 0 Å². The fourth-order valence-corrected chi connectivity index (χ4v) is 4.77. The molecule has 0 atom stereocenters. The number of sulfonamides is 1. The van der Waals surface area contributed by atoms with Crippen molar-refractivity contribution < 1.29 is 13.2 Å². The molecule has 2 N–H and O–H groups in total. The minimum Gasteiger partial charge on any atom is -0.494 e. The van der Waals surface area contributed by atoms with Gasteiger partial charge in [-0.15, -0.1) is 0 Å². The van der Waals surface area contributed by atoms with Crippen LogP contribution in [0.2, 0.25) is 0 Å². The van der Waals surface area contributed by atoms with Gasteiger partial charge in [-0.3, -0.25) is 4.99 Å². The fourth-order valence-electron chi connectivity index (χ4n) is 3.25. The molecule has 7 nitrogen and oxygen atoms in total. The minimum absolute atomic E-state index is 0.356. The van der Waals surface area contributed by atoms with Crippen molar-refractivity contribution in [2.75, 3.05) is 33.3 Å². The Morgan fingerprint density at radius 1 is 1.03 bits per heavy atom. The Hall–Kier alpha value is -2.58. The first-order valence-corrected chi connectivity index (χ1v) is 11.7. The number of aliphatic imine (C=N–C) groups is 1. The first-order valence-electron chi connectivity index (χ1n) is 10.3. The molecule has 30 heavy (non-hydrogen) atoms. The van der Waals surface area contributed by atoms with Crippen LogP contribution in [-0.2, 0) is 16.6 Å². The van der Waals surface area contributed by atoms with Gasteiger partial charge in [0.1, 0.15) is 5.75 Å². The average Bonchev–Trinajstić information content (AvgIpc) is 3.33. The van der Waals surface area contributed by atoms with Crippen molar-refractivity contribution >= 4 is 16.0 Å². The van der Waals surface area contributed by atoms with Crippen LogP contribution in [0.5, 0.6) is 5.75 Å². The summed E-state index contributed by atoms with van der Waals surface area (Å²) in [7, 11) is -1.64. The number of para-hydroxylation sites is 1. The Kier molecular flexibility index (Phi) is 8.10. The summed E-state index contributed by atoms with van der Waals surface area (Å²) in [5.74, 6) is 1.57. The summed E-state index contributed by atoms with van der Waals surface area (Å²) >= 11 is 0. The van der Waals surface area contributed by atoms with Crippen molar-refractivity contribution in [1.29, 1.82) is 0 Å². The van der Waals surface area contributed by atoms with E-state index in [1.54, 1.807) is 23.5 Å². The lowest BCUT2D eigenvalue weighted by atomic mass is 10.2. The molecule has 2 aromatic carbocycles. The Bertz CT molecular complexity index is 909. The molecule has 162 valence electrons.